The van der Waals surface area contributed by atoms with Crippen LogP contribution in [0, 0.1) is 6.92 Å². The van der Waals surface area contributed by atoms with Gasteiger partial charge in [-0.2, -0.15) is 8.42 Å². The highest BCUT2D eigenvalue weighted by Gasteiger charge is 2.10. The van der Waals surface area contributed by atoms with E-state index in [2.05, 4.69) is 6.92 Å². The van der Waals surface area contributed by atoms with Crippen molar-refractivity contribution in [3.63, 3.8) is 0 Å². The van der Waals surface area contributed by atoms with Crippen LogP contribution in [0.15, 0.2) is 29.2 Å². The van der Waals surface area contributed by atoms with Crippen LogP contribution in [0.3, 0.4) is 0 Å². The number of carbonyl (C=O) groups is 2. The van der Waals surface area contributed by atoms with Gasteiger partial charge in [-0.1, -0.05) is 44.4 Å². The van der Waals surface area contributed by atoms with Crippen LogP contribution in [0.1, 0.15) is 51.0 Å². The number of nitrogens with two attached hydrogens (primary N) is 1. The van der Waals surface area contributed by atoms with E-state index in [4.69, 9.17) is 15.0 Å². The molecule has 0 saturated carbocycles. The van der Waals surface area contributed by atoms with Gasteiger partial charge in [0.15, 0.2) is 0 Å². The van der Waals surface area contributed by atoms with Crippen molar-refractivity contribution < 1.29 is 27.3 Å². The molecule has 0 aliphatic carbocycles. The van der Waals surface area contributed by atoms with Crippen molar-refractivity contribution in [3.05, 3.63) is 29.8 Å². The third-order valence-electron chi connectivity index (χ3n) is 3.47. The van der Waals surface area contributed by atoms with Crippen LogP contribution in [-0.4, -0.2) is 37.9 Å². The largest absolute Gasteiger partial charge is 0.466 e. The average Bonchev–Trinajstić information content (AvgIpc) is 2.59. The summed E-state index contributed by atoms with van der Waals surface area (Å²) in [5, 5.41) is 0. The zero-order valence-corrected chi connectivity index (χ0v) is 16.3. The predicted molar refractivity (Wildman–Crippen MR) is 99.4 cm³/mol. The minimum atomic E-state index is -4.03. The quantitative estimate of drug-likeness (QED) is 0.359. The summed E-state index contributed by atoms with van der Waals surface area (Å²) in [5.41, 5.74) is 5.66. The van der Waals surface area contributed by atoms with Gasteiger partial charge in [0.05, 0.1) is 24.5 Å². The van der Waals surface area contributed by atoms with Gasteiger partial charge in [0.1, 0.15) is 5.78 Å². The van der Waals surface area contributed by atoms with Gasteiger partial charge in [0.25, 0.3) is 10.1 Å². The van der Waals surface area contributed by atoms with E-state index in [0.717, 1.165) is 12.8 Å². The maximum atomic E-state index is 11.1. The molecule has 0 bridgehead atoms. The van der Waals surface area contributed by atoms with Crippen molar-refractivity contribution >= 4 is 21.9 Å². The Hall–Kier alpha value is -1.77. The summed E-state index contributed by atoms with van der Waals surface area (Å²) < 4.78 is 34.8. The van der Waals surface area contributed by atoms with E-state index in [1.165, 1.54) is 18.9 Å². The van der Waals surface area contributed by atoms with Crippen LogP contribution < -0.4 is 5.73 Å². The van der Waals surface area contributed by atoms with Crippen molar-refractivity contribution in [1.29, 1.82) is 0 Å². The topological polar surface area (TPSA) is 124 Å². The summed E-state index contributed by atoms with van der Waals surface area (Å²) in [6, 6.07) is 6.27. The van der Waals surface area contributed by atoms with Gasteiger partial charge in [0.2, 0.25) is 0 Å². The molecular weight excluding hydrogens is 358 g/mol. The summed E-state index contributed by atoms with van der Waals surface area (Å²) in [7, 11) is -4.03. The van der Waals surface area contributed by atoms with Crippen LogP contribution in [0.25, 0.3) is 0 Å². The SMILES string of the molecule is CCCCCCOC(=O)CCC(=O)CN.Cc1ccccc1S(=O)(=O)O. The first-order valence-corrected chi connectivity index (χ1v) is 10.1. The fourth-order valence-electron chi connectivity index (χ4n) is 1.98. The number of hydrogen-bond donors (Lipinski definition) is 2. The Morgan fingerprint density at radius 1 is 1.12 bits per heavy atom. The maximum absolute atomic E-state index is 11.1. The molecule has 0 fully saturated rings. The van der Waals surface area contributed by atoms with Gasteiger partial charge < -0.3 is 10.5 Å². The van der Waals surface area contributed by atoms with Gasteiger partial charge in [-0.05, 0) is 25.0 Å². The van der Waals surface area contributed by atoms with Crippen molar-refractivity contribution in [1.82, 2.24) is 0 Å². The molecule has 0 radical (unpaired) electrons. The minimum Gasteiger partial charge on any atom is -0.466 e. The molecule has 0 amide bonds. The van der Waals surface area contributed by atoms with E-state index in [1.54, 1.807) is 25.1 Å². The van der Waals surface area contributed by atoms with Crippen molar-refractivity contribution in [3.8, 4) is 0 Å². The predicted octanol–water partition coefficient (Wildman–Crippen LogP) is 2.66. The Morgan fingerprint density at radius 2 is 1.77 bits per heavy atom. The highest BCUT2D eigenvalue weighted by molar-refractivity contribution is 7.85. The first kappa shape index (κ1) is 24.2. The van der Waals surface area contributed by atoms with Gasteiger partial charge in [-0.15, -0.1) is 0 Å². The molecule has 148 valence electrons. The minimum absolute atomic E-state index is 0.00375. The molecule has 8 heteroatoms. The van der Waals surface area contributed by atoms with E-state index in [9.17, 15) is 18.0 Å². The number of Topliss-reactive ketones (excluding diaryl/α,β-unsaturated/α-hetero) is 1. The lowest BCUT2D eigenvalue weighted by molar-refractivity contribution is -0.144. The molecule has 7 nitrogen and oxygen atoms in total. The summed E-state index contributed by atoms with van der Waals surface area (Å²) >= 11 is 0. The Bertz CT molecular complexity index is 657. The van der Waals surface area contributed by atoms with Crippen molar-refractivity contribution in [2.24, 2.45) is 5.73 Å². The molecule has 0 unspecified atom stereocenters. The molecule has 0 saturated heterocycles. The van der Waals surface area contributed by atoms with Gasteiger partial charge in [0, 0.05) is 6.42 Å². The number of rotatable bonds is 10. The summed E-state index contributed by atoms with van der Waals surface area (Å²) in [6.07, 6.45) is 4.69. The molecule has 0 heterocycles. The number of ketones is 1. The highest BCUT2D eigenvalue weighted by Crippen LogP contribution is 2.12. The number of ether oxygens (including phenoxy) is 1. The van der Waals surface area contributed by atoms with E-state index >= 15 is 0 Å². The van der Waals surface area contributed by atoms with Crippen LogP contribution in [0.4, 0.5) is 0 Å². The number of carbonyl (C=O) groups excluding carboxylic acids is 2. The monoisotopic (exact) mass is 387 g/mol. The van der Waals surface area contributed by atoms with E-state index in [0.29, 0.717) is 12.2 Å². The fraction of sp³-hybridized carbons (Fsp3) is 0.556. The summed E-state index contributed by atoms with van der Waals surface area (Å²) in [5.74, 6) is -0.397. The third-order valence-corrected chi connectivity index (χ3v) is 4.48. The molecule has 1 rings (SSSR count). The van der Waals surface area contributed by atoms with Crippen molar-refractivity contribution in [2.75, 3.05) is 13.2 Å². The molecule has 26 heavy (non-hydrogen) atoms. The molecular formula is C18H29NO6S. The normalized spacial score (nSPS) is 10.6. The first-order valence-electron chi connectivity index (χ1n) is 8.62. The number of unbranched alkanes of at least 4 members (excludes halogenated alkanes) is 3. The van der Waals surface area contributed by atoms with E-state index < -0.39 is 10.1 Å². The Balaban J connectivity index is 0.000000502. The van der Waals surface area contributed by atoms with Crippen LogP contribution in [-0.2, 0) is 24.4 Å². The second-order valence-electron chi connectivity index (χ2n) is 5.76. The Labute approximate surface area is 155 Å². The first-order chi connectivity index (χ1) is 12.2. The Morgan fingerprint density at radius 3 is 2.27 bits per heavy atom. The van der Waals surface area contributed by atoms with Gasteiger partial charge >= 0.3 is 5.97 Å². The lowest BCUT2D eigenvalue weighted by atomic mass is 10.2. The van der Waals surface area contributed by atoms with Crippen LogP contribution in [0.5, 0.6) is 0 Å². The molecule has 0 aliphatic heterocycles. The van der Waals surface area contributed by atoms with Crippen LogP contribution >= 0.6 is 0 Å². The molecule has 1 aromatic carbocycles. The smallest absolute Gasteiger partial charge is 0.306 e. The average molecular weight is 387 g/mol. The highest BCUT2D eigenvalue weighted by atomic mass is 32.2. The van der Waals surface area contributed by atoms with Gasteiger partial charge in [-0.25, -0.2) is 0 Å². The second-order valence-corrected chi connectivity index (χ2v) is 7.15. The number of benzene rings is 1. The molecule has 0 atom stereocenters. The lowest BCUT2D eigenvalue weighted by Crippen LogP contribution is -2.15. The summed E-state index contributed by atoms with van der Waals surface area (Å²) in [6.45, 7) is 4.23. The van der Waals surface area contributed by atoms with Gasteiger partial charge in [-0.3, -0.25) is 14.1 Å². The number of esters is 1. The molecule has 0 aromatic heterocycles. The fourth-order valence-corrected chi connectivity index (χ4v) is 2.70. The third kappa shape index (κ3) is 11.7. The zero-order valence-electron chi connectivity index (χ0n) is 15.4. The molecule has 1 aromatic rings. The van der Waals surface area contributed by atoms with E-state index in [1.807, 2.05) is 0 Å². The lowest BCUT2D eigenvalue weighted by Gasteiger charge is -2.03. The standard InChI is InChI=1S/C11H21NO3.C7H8O3S/c1-2-3-4-5-8-15-11(14)7-6-10(13)9-12;1-6-4-2-3-5-7(6)11(8,9)10/h2-9,12H2,1H3;2-5H,1H3,(H,8,9,10). The van der Waals surface area contributed by atoms with Crippen LogP contribution in [0.2, 0.25) is 0 Å². The van der Waals surface area contributed by atoms with Crippen molar-refractivity contribution in [2.45, 2.75) is 57.3 Å². The zero-order chi connectivity index (χ0) is 20.0. The molecule has 0 spiro atoms. The van der Waals surface area contributed by atoms with E-state index in [-0.39, 0.29) is 36.0 Å². The second kappa shape index (κ2) is 13.4. The molecule has 3 N–H and O–H groups in total. The summed E-state index contributed by atoms with van der Waals surface area (Å²) in [4.78, 5) is 21.9. The molecule has 0 aliphatic rings. The Kier molecular flexibility index (Phi) is 12.5. The maximum Gasteiger partial charge on any atom is 0.306 e. The number of aryl methyl sites for hydroxylation is 1. The number of hydrogen-bond acceptors (Lipinski definition) is 6.